The molecule has 1 saturated heterocycles. The number of likely N-dealkylation sites (tertiary alicyclic amines) is 1. The van der Waals surface area contributed by atoms with Gasteiger partial charge in [-0.1, -0.05) is 56.6 Å². The van der Waals surface area contributed by atoms with E-state index in [0.29, 0.717) is 46.9 Å². The van der Waals surface area contributed by atoms with Gasteiger partial charge in [-0.15, -0.1) is 22.7 Å². The number of thiazole rings is 1. The number of unbranched alkanes of at least 4 members (excludes halogenated alkanes) is 2. The predicted molar refractivity (Wildman–Crippen MR) is 266 cm³/mol. The van der Waals surface area contributed by atoms with Gasteiger partial charge in [0, 0.05) is 68.2 Å². The zero-order chi connectivity index (χ0) is 49.0. The third-order valence-electron chi connectivity index (χ3n) is 13.5. The molecule has 8 rings (SSSR count). The average molecular weight is 975 g/mol. The number of hydrogen-bond acceptors (Lipinski definition) is 16. The molecule has 1 fully saturated rings. The molecule has 6 heterocycles. The van der Waals surface area contributed by atoms with E-state index < -0.39 is 29.0 Å². The fraction of sp³-hybridized carbons (Fsp3) is 0.500. The van der Waals surface area contributed by atoms with Gasteiger partial charge < -0.3 is 40.7 Å². The van der Waals surface area contributed by atoms with E-state index in [9.17, 15) is 24.8 Å². The van der Waals surface area contributed by atoms with E-state index in [-0.39, 0.29) is 49.7 Å². The van der Waals surface area contributed by atoms with Gasteiger partial charge in [0.25, 0.3) is 0 Å². The van der Waals surface area contributed by atoms with Gasteiger partial charge >= 0.3 is 0 Å². The largest absolute Gasteiger partial charge is 0.391 e. The van der Waals surface area contributed by atoms with E-state index in [1.54, 1.807) is 23.6 Å². The number of β-amino-alcohol motifs (C(OH)–C–C–N with tert-alkyl or cyclic N) is 1. The number of fused-ring (bicyclic) bond motifs is 1. The molecule has 3 aliphatic rings. The van der Waals surface area contributed by atoms with E-state index in [1.165, 1.54) is 16.2 Å². The molecule has 4 aromatic heterocycles. The summed E-state index contributed by atoms with van der Waals surface area (Å²) in [6.07, 6.45) is 10.3. The van der Waals surface area contributed by atoms with Crippen LogP contribution in [0.5, 0.6) is 0 Å². The molecule has 1 aliphatic carbocycles. The minimum atomic E-state index is -0.881. The van der Waals surface area contributed by atoms with E-state index >= 15 is 0 Å². The van der Waals surface area contributed by atoms with Crippen molar-refractivity contribution in [1.29, 1.82) is 5.26 Å². The number of amides is 3. The first-order valence-electron chi connectivity index (χ1n) is 23.8. The van der Waals surface area contributed by atoms with Crippen molar-refractivity contribution in [3.05, 3.63) is 87.5 Å². The molecule has 5 N–H and O–H groups in total. The Hall–Kier alpha value is -6.23. The molecule has 19 heteroatoms. The lowest BCUT2D eigenvalue weighted by atomic mass is 9.72. The molecule has 364 valence electrons. The summed E-state index contributed by atoms with van der Waals surface area (Å²) in [6, 6.07) is 10.3. The van der Waals surface area contributed by atoms with Crippen molar-refractivity contribution in [2.24, 2.45) is 5.41 Å². The minimum Gasteiger partial charge on any atom is -0.391 e. The number of nitrogen functional groups attached to an aromatic ring is 1. The number of aliphatic hydroxyl groups is 1. The summed E-state index contributed by atoms with van der Waals surface area (Å²) in [7, 11) is 0. The lowest BCUT2D eigenvalue weighted by Gasteiger charge is -2.35. The Labute approximate surface area is 411 Å². The van der Waals surface area contributed by atoms with Gasteiger partial charge in [-0.05, 0) is 87.8 Å². The first-order valence-corrected chi connectivity index (χ1v) is 25.4. The van der Waals surface area contributed by atoms with Crippen molar-refractivity contribution in [2.45, 2.75) is 129 Å². The monoisotopic (exact) mass is 974 g/mol. The number of nitrogens with one attached hydrogen (secondary N) is 2. The predicted octanol–water partition coefficient (Wildman–Crippen LogP) is 6.51. The van der Waals surface area contributed by atoms with Crippen LogP contribution < -0.4 is 21.3 Å². The third-order valence-corrected chi connectivity index (χ3v) is 15.5. The molecule has 0 bridgehead atoms. The first kappa shape index (κ1) is 49.2. The molecule has 3 amide bonds. The topological polar surface area (TPSA) is 233 Å². The fourth-order valence-electron chi connectivity index (χ4n) is 9.70. The number of anilines is 2. The molecule has 0 spiro atoms. The molecular formula is C50H62N12O5S2. The number of nitrogens with zero attached hydrogens (tertiary/aromatic N) is 9. The van der Waals surface area contributed by atoms with Crippen LogP contribution in [0.4, 0.5) is 10.9 Å². The van der Waals surface area contributed by atoms with Gasteiger partial charge in [0.2, 0.25) is 35.4 Å². The van der Waals surface area contributed by atoms with Crippen LogP contribution in [-0.4, -0.2) is 108 Å². The van der Waals surface area contributed by atoms with Crippen LogP contribution in [0.1, 0.15) is 113 Å². The number of carbonyl (C=O) groups excluding carboxylic acids is 3. The van der Waals surface area contributed by atoms with Crippen molar-refractivity contribution in [2.75, 3.05) is 36.8 Å². The molecule has 5 atom stereocenters. The summed E-state index contributed by atoms with van der Waals surface area (Å²) >= 11 is 3.05. The molecule has 0 saturated carbocycles. The van der Waals surface area contributed by atoms with Crippen molar-refractivity contribution >= 4 is 51.3 Å². The number of thiophene rings is 1. The minimum absolute atomic E-state index is 0.0177. The van der Waals surface area contributed by atoms with Crippen LogP contribution in [0, 0.1) is 23.7 Å². The number of rotatable bonds is 15. The van der Waals surface area contributed by atoms with Gasteiger partial charge in [0.1, 0.15) is 28.8 Å². The maximum Gasteiger partial charge on any atom is 0.246 e. The lowest BCUT2D eigenvalue weighted by molar-refractivity contribution is -0.144. The van der Waals surface area contributed by atoms with Crippen molar-refractivity contribution < 1.29 is 24.0 Å². The van der Waals surface area contributed by atoms with Crippen LogP contribution in [0.3, 0.4) is 0 Å². The molecule has 17 nitrogen and oxygen atoms in total. The summed E-state index contributed by atoms with van der Waals surface area (Å²) in [5.74, 6) is 0.405. The maximum absolute atomic E-state index is 14.1. The highest BCUT2D eigenvalue weighted by Gasteiger charge is 2.45. The molecule has 5 aromatic rings. The second kappa shape index (κ2) is 20.8. The Morgan fingerprint density at radius 1 is 1.10 bits per heavy atom. The number of hydrogen-bond donors (Lipinski definition) is 4. The van der Waals surface area contributed by atoms with Gasteiger partial charge in [0.15, 0.2) is 0 Å². The van der Waals surface area contributed by atoms with Crippen LogP contribution in [0.2, 0.25) is 0 Å². The fourth-order valence-corrected chi connectivity index (χ4v) is 11.7. The molecular weight excluding hydrogens is 913 g/mol. The summed E-state index contributed by atoms with van der Waals surface area (Å²) in [5.41, 5.74) is 11.7. The highest BCUT2D eigenvalue weighted by Crippen LogP contribution is 2.48. The average Bonchev–Trinajstić information content (AvgIpc) is 4.13. The van der Waals surface area contributed by atoms with Crippen LogP contribution in [-0.2, 0) is 32.8 Å². The summed E-state index contributed by atoms with van der Waals surface area (Å²) < 4.78 is 5.88. The number of aryl methyl sites for hydroxylation is 2. The number of nitrogens with two attached hydrogens (primary N) is 1. The molecule has 2 aliphatic heterocycles. The van der Waals surface area contributed by atoms with Crippen molar-refractivity contribution in [3.63, 3.8) is 0 Å². The van der Waals surface area contributed by atoms with E-state index in [2.05, 4.69) is 60.8 Å². The number of aromatic nitrogens is 5. The molecule has 69 heavy (non-hydrogen) atoms. The molecule has 0 radical (unpaired) electrons. The number of carbonyl (C=O) groups is 3. The van der Waals surface area contributed by atoms with Crippen LogP contribution in [0.15, 0.2) is 58.8 Å². The summed E-state index contributed by atoms with van der Waals surface area (Å²) in [5, 5.41) is 31.4. The Morgan fingerprint density at radius 3 is 2.64 bits per heavy atom. The van der Waals surface area contributed by atoms with Crippen LogP contribution >= 0.6 is 22.7 Å². The molecule has 0 unspecified atom stereocenters. The number of nitriles is 1. The zero-order valence-corrected chi connectivity index (χ0v) is 41.8. The summed E-state index contributed by atoms with van der Waals surface area (Å²) in [4.78, 5) is 67.7. The normalized spacial score (nSPS) is 20.8. The Morgan fingerprint density at radius 2 is 1.90 bits per heavy atom. The Bertz CT molecular complexity index is 2720. The maximum atomic E-state index is 14.1. The van der Waals surface area contributed by atoms with Crippen LogP contribution in [0.25, 0.3) is 22.0 Å². The van der Waals surface area contributed by atoms with Gasteiger partial charge in [-0.25, -0.2) is 15.0 Å². The summed E-state index contributed by atoms with van der Waals surface area (Å²) in [6.45, 7) is 14.3. The number of aliphatic hydroxyl groups excluding tert-OH is 1. The number of benzene rings is 1. The zero-order valence-electron chi connectivity index (χ0n) is 40.2. The quantitative estimate of drug-likeness (QED) is 0.0820. The van der Waals surface area contributed by atoms with Gasteiger partial charge in [0.05, 0.1) is 33.2 Å². The van der Waals surface area contributed by atoms with Crippen molar-refractivity contribution in [1.82, 2.24) is 45.5 Å². The van der Waals surface area contributed by atoms with E-state index in [1.807, 2.05) is 64.4 Å². The van der Waals surface area contributed by atoms with E-state index in [0.717, 1.165) is 77.3 Å². The first-order chi connectivity index (χ1) is 33.0. The standard InChI is InChI=1S/C50H62N12O5S2/c1-30-27-60(22-11-23-61(30)48-53-20-18-36(56-48)44-58-47(67-59-44)50(6)19-10-12-38-40(50)35(25-51)43(52)69-38)21-9-7-8-13-39(64)57-42(49(3,4)5)46(66)62-28-34(63)24-37(62)45(65)54-26-32-14-16-33(17-15-32)41-31(2)55-29-68-41/h11,14-18,20,22,29-30,34,37,42,63H,7-10,12-13,19,21,23-24,26-28,52H2,1-6H3,(H,54,65)(H,57,64)/t30-,34+,37-,42+,50-/m0/s1. The highest BCUT2D eigenvalue weighted by molar-refractivity contribution is 7.16. The lowest BCUT2D eigenvalue weighted by Crippen LogP contribution is -2.57. The van der Waals surface area contributed by atoms with Gasteiger partial charge in [-0.3, -0.25) is 14.4 Å². The van der Waals surface area contributed by atoms with E-state index in [4.69, 9.17) is 20.2 Å². The second-order valence-corrected chi connectivity index (χ2v) is 21.7. The SMILES string of the molecule is Cc1ncsc1-c1ccc(CNC(=O)[C@@H]2C[C@@H](O)CN2C(=O)[C@@H](NC(=O)CCCCCN2C=CCN(c3nccc(-c4noc([C@@]5(C)CCCc6sc(N)c(C#N)c65)n4)n3)[C@@H](C)C2)C(C)(C)C)cc1. The highest BCUT2D eigenvalue weighted by atomic mass is 32.1. The Kier molecular flexibility index (Phi) is 14.8. The van der Waals surface area contributed by atoms with Crippen molar-refractivity contribution in [3.8, 4) is 28.0 Å². The smallest absolute Gasteiger partial charge is 0.246 e. The molecule has 1 aromatic carbocycles. The third kappa shape index (κ3) is 10.8. The van der Waals surface area contributed by atoms with Gasteiger partial charge in [-0.2, -0.15) is 10.2 Å². The second-order valence-electron chi connectivity index (χ2n) is 19.7. The Balaban J connectivity index is 0.798.